The van der Waals surface area contributed by atoms with Crippen LogP contribution in [0.4, 0.5) is 5.82 Å². The van der Waals surface area contributed by atoms with Gasteiger partial charge in [0.2, 0.25) is 0 Å². The molecule has 0 aliphatic carbocycles. The highest BCUT2D eigenvalue weighted by atomic mass is 32.1. The highest BCUT2D eigenvalue weighted by molar-refractivity contribution is 7.15. The van der Waals surface area contributed by atoms with Gasteiger partial charge in [0, 0.05) is 36.4 Å². The van der Waals surface area contributed by atoms with E-state index in [4.69, 9.17) is 9.47 Å². The van der Waals surface area contributed by atoms with Gasteiger partial charge < -0.3 is 14.4 Å². The van der Waals surface area contributed by atoms with Crippen molar-refractivity contribution in [3.05, 3.63) is 57.1 Å². The van der Waals surface area contributed by atoms with Crippen molar-refractivity contribution in [1.82, 2.24) is 14.4 Å². The summed E-state index contributed by atoms with van der Waals surface area (Å²) >= 11 is 1.38. The average Bonchev–Trinajstić information content (AvgIpc) is 3.08. The molecule has 1 fully saturated rings. The molecule has 8 nitrogen and oxygen atoms in total. The number of carbonyl (C=O) groups is 1. The SMILES string of the molecule is Cc1csc2nc(COC(=O)c3cccnc3N3CCOCC3)cc(=O)n12. The van der Waals surface area contributed by atoms with Crippen LogP contribution in [0.5, 0.6) is 0 Å². The Balaban J connectivity index is 1.52. The minimum Gasteiger partial charge on any atom is -0.455 e. The summed E-state index contributed by atoms with van der Waals surface area (Å²) in [6.45, 7) is 4.31. The minimum atomic E-state index is -0.492. The fraction of sp³-hybridized carbons (Fsp3) is 0.333. The maximum atomic E-state index is 12.6. The van der Waals surface area contributed by atoms with Crippen molar-refractivity contribution in [2.24, 2.45) is 0 Å². The zero-order valence-electron chi connectivity index (χ0n) is 14.8. The fourth-order valence-electron chi connectivity index (χ4n) is 2.98. The van der Waals surface area contributed by atoms with E-state index < -0.39 is 5.97 Å². The van der Waals surface area contributed by atoms with Gasteiger partial charge in [-0.1, -0.05) is 0 Å². The molecule has 0 bridgehead atoms. The molecule has 0 N–H and O–H groups in total. The molecule has 0 unspecified atom stereocenters. The largest absolute Gasteiger partial charge is 0.455 e. The lowest BCUT2D eigenvalue weighted by Gasteiger charge is -2.28. The Kier molecular flexibility index (Phi) is 4.87. The normalized spacial score (nSPS) is 14.5. The Bertz CT molecular complexity index is 1040. The summed E-state index contributed by atoms with van der Waals surface area (Å²) in [5.74, 6) is 0.0945. The third-order valence-electron chi connectivity index (χ3n) is 4.30. The Morgan fingerprint density at radius 2 is 2.19 bits per heavy atom. The van der Waals surface area contributed by atoms with Crippen LogP contribution in [0.15, 0.2) is 34.6 Å². The molecule has 1 aliphatic rings. The zero-order valence-corrected chi connectivity index (χ0v) is 15.6. The predicted octanol–water partition coefficient (Wildman–Crippen LogP) is 1.65. The topological polar surface area (TPSA) is 86.0 Å². The Hall–Kier alpha value is -2.78. The molecule has 0 saturated carbocycles. The van der Waals surface area contributed by atoms with Crippen molar-refractivity contribution >= 4 is 28.1 Å². The van der Waals surface area contributed by atoms with Crippen molar-refractivity contribution in [1.29, 1.82) is 0 Å². The first kappa shape index (κ1) is 17.6. The molecule has 0 aromatic carbocycles. The van der Waals surface area contributed by atoms with Crippen LogP contribution in [0.25, 0.3) is 4.96 Å². The van der Waals surface area contributed by atoms with Gasteiger partial charge >= 0.3 is 5.97 Å². The van der Waals surface area contributed by atoms with Gasteiger partial charge in [-0.3, -0.25) is 9.20 Å². The molecule has 0 spiro atoms. The first-order valence-electron chi connectivity index (χ1n) is 8.55. The van der Waals surface area contributed by atoms with Gasteiger partial charge in [-0.15, -0.1) is 11.3 Å². The average molecular weight is 386 g/mol. The molecule has 3 aromatic heterocycles. The zero-order chi connectivity index (χ0) is 18.8. The molecular formula is C18H18N4O4S. The number of thiazole rings is 1. The fourth-order valence-corrected chi connectivity index (χ4v) is 3.87. The van der Waals surface area contributed by atoms with Crippen LogP contribution >= 0.6 is 11.3 Å². The van der Waals surface area contributed by atoms with E-state index in [1.54, 1.807) is 18.3 Å². The number of carbonyl (C=O) groups excluding carboxylic acids is 1. The minimum absolute atomic E-state index is 0.0705. The molecule has 0 radical (unpaired) electrons. The van der Waals surface area contributed by atoms with Gasteiger partial charge in [0.15, 0.2) is 4.96 Å². The van der Waals surface area contributed by atoms with E-state index in [9.17, 15) is 9.59 Å². The van der Waals surface area contributed by atoms with E-state index in [0.29, 0.717) is 48.3 Å². The van der Waals surface area contributed by atoms with E-state index in [-0.39, 0.29) is 12.2 Å². The van der Waals surface area contributed by atoms with Gasteiger partial charge in [-0.05, 0) is 19.1 Å². The Morgan fingerprint density at radius 1 is 1.37 bits per heavy atom. The lowest BCUT2D eigenvalue weighted by atomic mass is 10.2. The van der Waals surface area contributed by atoms with Crippen LogP contribution in [0.1, 0.15) is 21.7 Å². The summed E-state index contributed by atoms with van der Waals surface area (Å²) in [6.07, 6.45) is 1.65. The van der Waals surface area contributed by atoms with Crippen molar-refractivity contribution in [3.8, 4) is 0 Å². The van der Waals surface area contributed by atoms with E-state index in [1.165, 1.54) is 21.8 Å². The molecule has 3 aromatic rings. The number of pyridine rings is 1. The molecule has 27 heavy (non-hydrogen) atoms. The number of hydrogen-bond donors (Lipinski definition) is 0. The number of aromatic nitrogens is 3. The lowest BCUT2D eigenvalue weighted by molar-refractivity contribution is 0.0467. The summed E-state index contributed by atoms with van der Waals surface area (Å²) < 4.78 is 12.3. The molecule has 140 valence electrons. The van der Waals surface area contributed by atoms with Crippen LogP contribution in [-0.4, -0.2) is 46.6 Å². The molecule has 0 amide bonds. The van der Waals surface area contributed by atoms with Gasteiger partial charge in [0.05, 0.1) is 18.9 Å². The number of nitrogens with zero attached hydrogens (tertiary/aromatic N) is 4. The Morgan fingerprint density at radius 3 is 3.00 bits per heavy atom. The summed E-state index contributed by atoms with van der Waals surface area (Å²) in [6, 6.07) is 4.78. The van der Waals surface area contributed by atoms with Crippen LogP contribution in [0.3, 0.4) is 0 Å². The maximum absolute atomic E-state index is 12.6. The van der Waals surface area contributed by atoms with Crippen LogP contribution in [0, 0.1) is 6.92 Å². The van der Waals surface area contributed by atoms with Crippen molar-refractivity contribution in [2.45, 2.75) is 13.5 Å². The van der Waals surface area contributed by atoms with Crippen molar-refractivity contribution in [2.75, 3.05) is 31.2 Å². The van der Waals surface area contributed by atoms with E-state index in [1.807, 2.05) is 17.2 Å². The molecule has 1 aliphatic heterocycles. The van der Waals surface area contributed by atoms with Gasteiger partial charge in [-0.25, -0.2) is 14.8 Å². The molecular weight excluding hydrogens is 368 g/mol. The third kappa shape index (κ3) is 3.56. The monoisotopic (exact) mass is 386 g/mol. The van der Waals surface area contributed by atoms with Crippen molar-refractivity contribution in [3.63, 3.8) is 0 Å². The summed E-state index contributed by atoms with van der Waals surface area (Å²) in [4.78, 5) is 36.1. The first-order valence-corrected chi connectivity index (χ1v) is 9.43. The number of rotatable bonds is 4. The second kappa shape index (κ2) is 7.45. The molecule has 9 heteroatoms. The van der Waals surface area contributed by atoms with E-state index in [0.717, 1.165) is 5.69 Å². The standard InChI is InChI=1S/C18H18N4O4S/c1-12-11-27-18-20-13(9-15(23)22(12)18)10-26-17(24)14-3-2-4-19-16(14)21-5-7-25-8-6-21/h2-4,9,11H,5-8,10H2,1H3. The first-order chi connectivity index (χ1) is 13.1. The van der Waals surface area contributed by atoms with Crippen molar-refractivity contribution < 1.29 is 14.3 Å². The number of morpholine rings is 1. The summed E-state index contributed by atoms with van der Waals surface area (Å²) in [7, 11) is 0. The summed E-state index contributed by atoms with van der Waals surface area (Å²) in [5, 5.41) is 1.86. The smallest absolute Gasteiger partial charge is 0.342 e. The predicted molar refractivity (Wildman–Crippen MR) is 100 cm³/mol. The second-order valence-corrected chi connectivity index (χ2v) is 6.97. The number of fused-ring (bicyclic) bond motifs is 1. The van der Waals surface area contributed by atoms with E-state index >= 15 is 0 Å². The highest BCUT2D eigenvalue weighted by Gasteiger charge is 2.21. The summed E-state index contributed by atoms with van der Waals surface area (Å²) in [5.41, 5.74) is 1.47. The third-order valence-corrected chi connectivity index (χ3v) is 5.24. The van der Waals surface area contributed by atoms with Crippen LogP contribution < -0.4 is 10.5 Å². The maximum Gasteiger partial charge on any atom is 0.342 e. The number of ether oxygens (including phenoxy) is 2. The van der Waals surface area contributed by atoms with Gasteiger partial charge in [0.25, 0.3) is 5.56 Å². The number of anilines is 1. The molecule has 4 heterocycles. The van der Waals surface area contributed by atoms with Crippen LogP contribution in [0.2, 0.25) is 0 Å². The van der Waals surface area contributed by atoms with E-state index in [2.05, 4.69) is 9.97 Å². The highest BCUT2D eigenvalue weighted by Crippen LogP contribution is 2.20. The number of aryl methyl sites for hydroxylation is 1. The van der Waals surface area contributed by atoms with Gasteiger partial charge in [-0.2, -0.15) is 0 Å². The molecule has 4 rings (SSSR count). The Labute approximate surface area is 159 Å². The second-order valence-electron chi connectivity index (χ2n) is 6.13. The van der Waals surface area contributed by atoms with Gasteiger partial charge in [0.1, 0.15) is 18.0 Å². The molecule has 1 saturated heterocycles. The quantitative estimate of drug-likeness (QED) is 0.630. The number of esters is 1. The van der Waals surface area contributed by atoms with Crippen LogP contribution in [-0.2, 0) is 16.1 Å². The lowest BCUT2D eigenvalue weighted by Crippen LogP contribution is -2.37. The number of hydrogen-bond acceptors (Lipinski definition) is 8. The molecule has 0 atom stereocenters.